The topological polar surface area (TPSA) is 80.1 Å². The molecule has 0 aliphatic carbocycles. The van der Waals surface area contributed by atoms with E-state index in [1.54, 1.807) is 0 Å². The molecule has 0 radical (unpaired) electrons. The quantitative estimate of drug-likeness (QED) is 0.619. The van der Waals surface area contributed by atoms with Gasteiger partial charge in [0.2, 0.25) is 0 Å². The summed E-state index contributed by atoms with van der Waals surface area (Å²) in [6.07, 6.45) is 4.93. The van der Waals surface area contributed by atoms with Crippen LogP contribution in [0.3, 0.4) is 0 Å². The lowest BCUT2D eigenvalue weighted by Gasteiger charge is -2.23. The first-order chi connectivity index (χ1) is 7.75. The van der Waals surface area contributed by atoms with Crippen LogP contribution in [0, 0.1) is 10.1 Å². The van der Waals surface area contributed by atoms with Gasteiger partial charge in [-0.05, 0) is 30.7 Å². The number of hydrogen-bond acceptors (Lipinski definition) is 6. The van der Waals surface area contributed by atoms with Crippen molar-refractivity contribution < 1.29 is 4.92 Å². The standard InChI is InChI=1S/C9H14N4O2S/c14-13(15)8-6-12-9(16-8)11-5-7-3-1-2-4-10-7/h6-7,10H,1-5H2,(H,11,12). The molecular formula is C9H14N4O2S. The Morgan fingerprint density at radius 2 is 2.56 bits per heavy atom. The molecule has 16 heavy (non-hydrogen) atoms. The van der Waals surface area contributed by atoms with Crippen molar-refractivity contribution in [3.05, 3.63) is 16.3 Å². The highest BCUT2D eigenvalue weighted by Gasteiger charge is 2.14. The van der Waals surface area contributed by atoms with E-state index in [4.69, 9.17) is 0 Å². The molecule has 0 aromatic carbocycles. The Morgan fingerprint density at radius 3 is 3.19 bits per heavy atom. The predicted octanol–water partition coefficient (Wildman–Crippen LogP) is 1.61. The molecule has 2 N–H and O–H groups in total. The zero-order chi connectivity index (χ0) is 11.4. The molecular weight excluding hydrogens is 228 g/mol. The molecule has 1 saturated heterocycles. The molecule has 2 rings (SSSR count). The average Bonchev–Trinajstić information content (AvgIpc) is 2.76. The van der Waals surface area contributed by atoms with Gasteiger partial charge in [-0.3, -0.25) is 10.1 Å². The maximum Gasteiger partial charge on any atom is 0.345 e. The van der Waals surface area contributed by atoms with Gasteiger partial charge in [0, 0.05) is 12.6 Å². The SMILES string of the molecule is O=[N+]([O-])c1cnc(NCC2CCCCN2)s1. The van der Waals surface area contributed by atoms with Crippen molar-refractivity contribution in [1.29, 1.82) is 0 Å². The summed E-state index contributed by atoms with van der Waals surface area (Å²) in [5.74, 6) is 0. The lowest BCUT2D eigenvalue weighted by Crippen LogP contribution is -2.39. The number of nitrogens with one attached hydrogen (secondary N) is 2. The van der Waals surface area contributed by atoms with Crippen LogP contribution in [0.5, 0.6) is 0 Å². The summed E-state index contributed by atoms with van der Waals surface area (Å²) >= 11 is 1.08. The van der Waals surface area contributed by atoms with Crippen LogP contribution in [0.15, 0.2) is 6.20 Å². The third kappa shape index (κ3) is 2.89. The largest absolute Gasteiger partial charge is 0.360 e. The summed E-state index contributed by atoms with van der Waals surface area (Å²) in [5, 5.41) is 17.7. The van der Waals surface area contributed by atoms with Crippen molar-refractivity contribution in [3.63, 3.8) is 0 Å². The van der Waals surface area contributed by atoms with Crippen molar-refractivity contribution in [2.75, 3.05) is 18.4 Å². The summed E-state index contributed by atoms with van der Waals surface area (Å²) in [7, 11) is 0. The van der Waals surface area contributed by atoms with E-state index >= 15 is 0 Å². The second kappa shape index (κ2) is 5.22. The number of hydrogen-bond donors (Lipinski definition) is 2. The van der Waals surface area contributed by atoms with E-state index in [2.05, 4.69) is 15.6 Å². The molecule has 1 aromatic rings. The van der Waals surface area contributed by atoms with Gasteiger partial charge in [-0.2, -0.15) is 0 Å². The summed E-state index contributed by atoms with van der Waals surface area (Å²) in [4.78, 5) is 14.0. The Kier molecular flexibility index (Phi) is 3.68. The van der Waals surface area contributed by atoms with Gasteiger partial charge in [-0.25, -0.2) is 4.98 Å². The molecule has 6 nitrogen and oxygen atoms in total. The first-order valence-electron chi connectivity index (χ1n) is 5.33. The Hall–Kier alpha value is -1.21. The molecule has 0 spiro atoms. The van der Waals surface area contributed by atoms with E-state index in [1.165, 1.54) is 19.0 Å². The lowest BCUT2D eigenvalue weighted by atomic mass is 10.1. The molecule has 0 bridgehead atoms. The Balaban J connectivity index is 1.81. The van der Waals surface area contributed by atoms with E-state index in [9.17, 15) is 10.1 Å². The van der Waals surface area contributed by atoms with Gasteiger partial charge in [-0.15, -0.1) is 0 Å². The summed E-state index contributed by atoms with van der Waals surface area (Å²) in [6.45, 7) is 1.84. The van der Waals surface area contributed by atoms with Crippen molar-refractivity contribution in [2.24, 2.45) is 0 Å². The normalized spacial score (nSPS) is 20.6. The van der Waals surface area contributed by atoms with E-state index in [1.807, 2.05) is 0 Å². The summed E-state index contributed by atoms with van der Waals surface area (Å²) in [5.41, 5.74) is 0. The van der Waals surface area contributed by atoms with E-state index in [0.717, 1.165) is 30.8 Å². The molecule has 88 valence electrons. The first-order valence-corrected chi connectivity index (χ1v) is 6.15. The second-order valence-electron chi connectivity index (χ2n) is 3.79. The summed E-state index contributed by atoms with van der Waals surface area (Å²) < 4.78 is 0. The smallest absolute Gasteiger partial charge is 0.345 e. The van der Waals surface area contributed by atoms with Crippen molar-refractivity contribution in [1.82, 2.24) is 10.3 Å². The van der Waals surface area contributed by atoms with Crippen LogP contribution in [0.1, 0.15) is 19.3 Å². The fourth-order valence-corrected chi connectivity index (χ4v) is 2.38. The highest BCUT2D eigenvalue weighted by atomic mass is 32.1. The molecule has 1 aliphatic rings. The Morgan fingerprint density at radius 1 is 1.69 bits per heavy atom. The Bertz CT molecular complexity index is 362. The molecule has 1 fully saturated rings. The van der Waals surface area contributed by atoms with Crippen molar-refractivity contribution in [3.8, 4) is 0 Å². The van der Waals surface area contributed by atoms with Crippen LogP contribution >= 0.6 is 11.3 Å². The number of piperidine rings is 1. The molecule has 0 amide bonds. The average molecular weight is 242 g/mol. The summed E-state index contributed by atoms with van der Waals surface area (Å²) in [6, 6.07) is 0.455. The molecule has 0 saturated carbocycles. The fraction of sp³-hybridized carbons (Fsp3) is 0.667. The third-order valence-corrected chi connectivity index (χ3v) is 3.49. The number of anilines is 1. The predicted molar refractivity (Wildman–Crippen MR) is 62.9 cm³/mol. The van der Waals surface area contributed by atoms with Gasteiger partial charge >= 0.3 is 5.00 Å². The maximum absolute atomic E-state index is 10.5. The number of nitro groups is 1. The molecule has 1 atom stereocenters. The number of thiazole rings is 1. The first kappa shape index (κ1) is 11.3. The molecule has 1 unspecified atom stereocenters. The number of nitrogens with zero attached hydrogens (tertiary/aromatic N) is 2. The molecule has 1 aromatic heterocycles. The third-order valence-electron chi connectivity index (χ3n) is 2.59. The van der Waals surface area contributed by atoms with E-state index in [-0.39, 0.29) is 5.00 Å². The van der Waals surface area contributed by atoms with E-state index < -0.39 is 4.92 Å². The highest BCUT2D eigenvalue weighted by molar-refractivity contribution is 7.18. The minimum Gasteiger partial charge on any atom is -0.360 e. The molecule has 7 heteroatoms. The number of rotatable bonds is 4. The van der Waals surface area contributed by atoms with Gasteiger partial charge in [-0.1, -0.05) is 6.42 Å². The lowest BCUT2D eigenvalue weighted by molar-refractivity contribution is -0.380. The minimum atomic E-state index is -0.415. The van der Waals surface area contributed by atoms with E-state index in [0.29, 0.717) is 11.2 Å². The maximum atomic E-state index is 10.5. The zero-order valence-electron chi connectivity index (χ0n) is 8.81. The minimum absolute atomic E-state index is 0.0825. The van der Waals surface area contributed by atoms with Crippen LogP contribution in [-0.2, 0) is 0 Å². The Labute approximate surface area is 97.2 Å². The van der Waals surface area contributed by atoms with Gasteiger partial charge < -0.3 is 10.6 Å². The van der Waals surface area contributed by atoms with Crippen molar-refractivity contribution in [2.45, 2.75) is 25.3 Å². The molecule has 1 aliphatic heterocycles. The van der Waals surface area contributed by atoms with Crippen LogP contribution < -0.4 is 10.6 Å². The molecule has 2 heterocycles. The van der Waals surface area contributed by atoms with Gasteiger partial charge in [0.25, 0.3) is 0 Å². The van der Waals surface area contributed by atoms with Crippen LogP contribution in [0.4, 0.5) is 10.1 Å². The van der Waals surface area contributed by atoms with Crippen LogP contribution in [0.25, 0.3) is 0 Å². The zero-order valence-corrected chi connectivity index (χ0v) is 9.63. The van der Waals surface area contributed by atoms with Gasteiger partial charge in [0.15, 0.2) is 5.13 Å². The second-order valence-corrected chi connectivity index (χ2v) is 4.80. The van der Waals surface area contributed by atoms with Gasteiger partial charge in [0.05, 0.1) is 4.92 Å². The fourth-order valence-electron chi connectivity index (χ4n) is 1.74. The van der Waals surface area contributed by atoms with Crippen LogP contribution in [-0.4, -0.2) is 29.0 Å². The highest BCUT2D eigenvalue weighted by Crippen LogP contribution is 2.24. The monoisotopic (exact) mass is 242 g/mol. The van der Waals surface area contributed by atoms with Crippen LogP contribution in [0.2, 0.25) is 0 Å². The number of aromatic nitrogens is 1. The van der Waals surface area contributed by atoms with Crippen molar-refractivity contribution >= 4 is 21.5 Å². The van der Waals surface area contributed by atoms with Gasteiger partial charge in [0.1, 0.15) is 6.20 Å².